The lowest BCUT2D eigenvalue weighted by Gasteiger charge is -2.39. The molecule has 4 heterocycles. The number of aromatic amines is 1. The molecule has 2 aliphatic heterocycles. The number of hydrogen-bond acceptors (Lipinski definition) is 6. The molecule has 9 heteroatoms. The second-order valence-electron chi connectivity index (χ2n) is 8.11. The molecule has 1 unspecified atom stereocenters. The predicted molar refractivity (Wildman–Crippen MR) is 121 cm³/mol. The number of benzene rings is 1. The first-order valence-corrected chi connectivity index (χ1v) is 10.9. The second-order valence-corrected chi connectivity index (χ2v) is 8.11. The number of aliphatic imine (C=N–C) groups is 1. The van der Waals surface area contributed by atoms with E-state index in [1.165, 1.54) is 11.1 Å². The summed E-state index contributed by atoms with van der Waals surface area (Å²) in [6.45, 7) is 3.96. The van der Waals surface area contributed by atoms with Crippen molar-refractivity contribution in [2.45, 2.75) is 13.0 Å². The Labute approximate surface area is 190 Å². The zero-order chi connectivity index (χ0) is 22.9. The highest BCUT2D eigenvalue weighted by Gasteiger charge is 2.34. The summed E-state index contributed by atoms with van der Waals surface area (Å²) in [4.78, 5) is 54.0. The highest BCUT2D eigenvalue weighted by Crippen LogP contribution is 2.23. The number of piperazine rings is 1. The molecule has 1 saturated heterocycles. The average Bonchev–Trinajstić information content (AvgIpc) is 3.53. The summed E-state index contributed by atoms with van der Waals surface area (Å²) in [5.74, 6) is -0.805. The maximum absolute atomic E-state index is 13.1. The van der Waals surface area contributed by atoms with Crippen LogP contribution < -0.4 is 0 Å². The summed E-state index contributed by atoms with van der Waals surface area (Å²) < 4.78 is 5.54. The van der Waals surface area contributed by atoms with Crippen molar-refractivity contribution in [2.75, 3.05) is 32.8 Å². The van der Waals surface area contributed by atoms with Gasteiger partial charge in [0.1, 0.15) is 12.1 Å². The summed E-state index contributed by atoms with van der Waals surface area (Å²) in [5, 5.41) is 0. The lowest BCUT2D eigenvalue weighted by molar-refractivity contribution is -0.130. The maximum atomic E-state index is 13.1. The van der Waals surface area contributed by atoms with Crippen LogP contribution >= 0.6 is 0 Å². The fraction of sp³-hybridized carbons (Fsp3) is 0.292. The molecule has 0 saturated carbocycles. The monoisotopic (exact) mass is 445 g/mol. The van der Waals surface area contributed by atoms with E-state index in [1.807, 2.05) is 25.1 Å². The Morgan fingerprint density at radius 2 is 1.94 bits per heavy atom. The first-order valence-electron chi connectivity index (χ1n) is 10.9. The summed E-state index contributed by atoms with van der Waals surface area (Å²) in [6, 6.07) is 10.5. The van der Waals surface area contributed by atoms with Crippen LogP contribution in [0.3, 0.4) is 0 Å². The SMILES string of the molecule is CC1CN(C(=O)c2ccccc2)CCN1C(=O)C(=O)c1c[nH]c2c(C3=NCCO3)ccnc12. The van der Waals surface area contributed by atoms with Crippen LogP contribution in [-0.4, -0.2) is 82.1 Å². The third-order valence-corrected chi connectivity index (χ3v) is 6.02. The summed E-state index contributed by atoms with van der Waals surface area (Å²) in [7, 11) is 0. The molecule has 168 valence electrons. The van der Waals surface area contributed by atoms with Crippen molar-refractivity contribution in [1.82, 2.24) is 19.8 Å². The van der Waals surface area contributed by atoms with Gasteiger partial charge in [0.05, 0.1) is 23.2 Å². The molecular weight excluding hydrogens is 422 g/mol. The normalized spacial score (nSPS) is 18.2. The molecule has 5 rings (SSSR count). The Hall–Kier alpha value is -4.01. The van der Waals surface area contributed by atoms with Crippen molar-refractivity contribution in [3.05, 3.63) is 65.5 Å². The van der Waals surface area contributed by atoms with Gasteiger partial charge in [-0.15, -0.1) is 0 Å². The van der Waals surface area contributed by atoms with E-state index in [0.29, 0.717) is 54.3 Å². The van der Waals surface area contributed by atoms with Gasteiger partial charge in [-0.25, -0.2) is 4.99 Å². The number of ether oxygens (including phenoxy) is 1. The van der Waals surface area contributed by atoms with E-state index in [9.17, 15) is 14.4 Å². The number of carbonyl (C=O) groups excluding carboxylic acids is 3. The third-order valence-electron chi connectivity index (χ3n) is 6.02. The Morgan fingerprint density at radius 1 is 1.12 bits per heavy atom. The van der Waals surface area contributed by atoms with Crippen LogP contribution in [0.5, 0.6) is 0 Å². The van der Waals surface area contributed by atoms with E-state index in [1.54, 1.807) is 29.3 Å². The number of ketones is 1. The van der Waals surface area contributed by atoms with Gasteiger partial charge >= 0.3 is 0 Å². The number of nitrogens with zero attached hydrogens (tertiary/aromatic N) is 4. The average molecular weight is 445 g/mol. The molecule has 9 nitrogen and oxygen atoms in total. The van der Waals surface area contributed by atoms with Gasteiger partial charge in [-0.1, -0.05) is 18.2 Å². The van der Waals surface area contributed by atoms with Crippen molar-refractivity contribution in [3.8, 4) is 0 Å². The molecule has 0 radical (unpaired) electrons. The third kappa shape index (κ3) is 3.75. The van der Waals surface area contributed by atoms with E-state index in [0.717, 1.165) is 0 Å². The minimum absolute atomic E-state index is 0.0775. The summed E-state index contributed by atoms with van der Waals surface area (Å²) in [6.07, 6.45) is 3.09. The van der Waals surface area contributed by atoms with Gasteiger partial charge < -0.3 is 19.5 Å². The second kappa shape index (κ2) is 8.50. The molecule has 0 spiro atoms. The van der Waals surface area contributed by atoms with E-state index >= 15 is 0 Å². The van der Waals surface area contributed by atoms with Crippen molar-refractivity contribution in [2.24, 2.45) is 4.99 Å². The minimum atomic E-state index is -0.630. The van der Waals surface area contributed by atoms with Crippen LogP contribution in [0.15, 0.2) is 53.8 Å². The van der Waals surface area contributed by atoms with Crippen molar-refractivity contribution < 1.29 is 19.1 Å². The molecule has 0 bridgehead atoms. The van der Waals surface area contributed by atoms with Crippen LogP contribution in [0.2, 0.25) is 0 Å². The fourth-order valence-corrected chi connectivity index (χ4v) is 4.33. The van der Waals surface area contributed by atoms with Crippen molar-refractivity contribution in [1.29, 1.82) is 0 Å². The Morgan fingerprint density at radius 3 is 2.67 bits per heavy atom. The lowest BCUT2D eigenvalue weighted by Crippen LogP contribution is -2.56. The Balaban J connectivity index is 1.33. The molecule has 1 aromatic carbocycles. The van der Waals surface area contributed by atoms with E-state index in [-0.39, 0.29) is 24.1 Å². The molecule has 2 aliphatic rings. The molecule has 2 aromatic heterocycles. The highest BCUT2D eigenvalue weighted by atomic mass is 16.5. The molecule has 0 aliphatic carbocycles. The molecule has 1 atom stereocenters. The quantitative estimate of drug-likeness (QED) is 0.487. The smallest absolute Gasteiger partial charge is 0.295 e. The van der Waals surface area contributed by atoms with Gasteiger partial charge in [0.15, 0.2) is 0 Å². The molecular formula is C24H23N5O4. The number of amides is 2. The van der Waals surface area contributed by atoms with E-state index in [2.05, 4.69) is 15.0 Å². The fourth-order valence-electron chi connectivity index (χ4n) is 4.33. The van der Waals surface area contributed by atoms with Crippen LogP contribution in [0.1, 0.15) is 33.2 Å². The van der Waals surface area contributed by atoms with Gasteiger partial charge in [-0.3, -0.25) is 19.4 Å². The first-order chi connectivity index (χ1) is 16.0. The van der Waals surface area contributed by atoms with Gasteiger partial charge in [0, 0.05) is 43.6 Å². The van der Waals surface area contributed by atoms with Crippen molar-refractivity contribution in [3.63, 3.8) is 0 Å². The minimum Gasteiger partial charge on any atom is -0.475 e. The Bertz CT molecular complexity index is 1270. The van der Waals surface area contributed by atoms with Crippen LogP contribution in [0.25, 0.3) is 11.0 Å². The molecule has 2 amide bonds. The van der Waals surface area contributed by atoms with Gasteiger partial charge in [-0.2, -0.15) is 0 Å². The van der Waals surface area contributed by atoms with Gasteiger partial charge in [0.25, 0.3) is 17.6 Å². The zero-order valence-electron chi connectivity index (χ0n) is 18.2. The topological polar surface area (TPSA) is 108 Å². The van der Waals surface area contributed by atoms with E-state index in [4.69, 9.17) is 4.74 Å². The largest absolute Gasteiger partial charge is 0.475 e. The molecule has 3 aromatic rings. The number of rotatable bonds is 4. The van der Waals surface area contributed by atoms with Crippen LogP contribution in [-0.2, 0) is 9.53 Å². The lowest BCUT2D eigenvalue weighted by atomic mass is 10.1. The zero-order valence-corrected chi connectivity index (χ0v) is 18.2. The summed E-state index contributed by atoms with van der Waals surface area (Å²) >= 11 is 0. The number of H-pyrrole nitrogens is 1. The number of hydrogen-bond donors (Lipinski definition) is 1. The molecule has 1 fully saturated rings. The van der Waals surface area contributed by atoms with Crippen molar-refractivity contribution >= 4 is 34.5 Å². The van der Waals surface area contributed by atoms with Crippen LogP contribution in [0.4, 0.5) is 0 Å². The number of nitrogens with one attached hydrogen (secondary N) is 1. The molecule has 1 N–H and O–H groups in total. The number of pyridine rings is 1. The standard InChI is InChI=1S/C24H23N5O4/c1-15-14-28(23(31)16-5-3-2-4-6-16)10-11-29(15)24(32)21(30)18-13-27-19-17(7-8-25-20(18)19)22-26-9-12-33-22/h2-8,13,15,27H,9-12,14H2,1H3. The Kier molecular flexibility index (Phi) is 5.37. The number of fused-ring (bicyclic) bond motifs is 1. The number of Topliss-reactive ketones (excluding diaryl/α,β-unsaturated/α-hetero) is 1. The number of carbonyl (C=O) groups is 3. The first kappa shape index (κ1) is 20.9. The van der Waals surface area contributed by atoms with Crippen LogP contribution in [0, 0.1) is 0 Å². The summed E-state index contributed by atoms with van der Waals surface area (Å²) in [5.41, 5.74) is 2.56. The molecule has 33 heavy (non-hydrogen) atoms. The van der Waals surface area contributed by atoms with Gasteiger partial charge in [0.2, 0.25) is 5.90 Å². The number of aromatic nitrogens is 2. The van der Waals surface area contributed by atoms with E-state index < -0.39 is 11.7 Å². The predicted octanol–water partition coefficient (Wildman–Crippen LogP) is 1.90. The highest BCUT2D eigenvalue weighted by molar-refractivity contribution is 6.44. The van der Waals surface area contributed by atoms with Gasteiger partial charge in [-0.05, 0) is 25.1 Å². The maximum Gasteiger partial charge on any atom is 0.295 e.